The maximum Gasteiger partial charge on any atom is 0.0995 e. The van der Waals surface area contributed by atoms with Gasteiger partial charge in [0.1, 0.15) is 0 Å². The van der Waals surface area contributed by atoms with Gasteiger partial charge in [0.05, 0.1) is 22.3 Å². The second-order valence-electron chi connectivity index (χ2n) is 4.79. The first-order chi connectivity index (χ1) is 10.2. The van der Waals surface area contributed by atoms with E-state index >= 15 is 0 Å². The minimum atomic E-state index is 0.612. The van der Waals surface area contributed by atoms with Crippen LogP contribution in [0, 0.1) is 11.3 Å². The summed E-state index contributed by atoms with van der Waals surface area (Å²) in [6.07, 6.45) is 0.994. The summed E-state index contributed by atoms with van der Waals surface area (Å²) in [6, 6.07) is 15.3. The third kappa shape index (κ3) is 3.91. The Kier molecular flexibility index (Phi) is 5.50. The van der Waals surface area contributed by atoms with Gasteiger partial charge in [-0.1, -0.05) is 42.3 Å². The molecule has 2 nitrogen and oxygen atoms in total. The lowest BCUT2D eigenvalue weighted by Crippen LogP contribution is -2.24. The molecule has 0 aliphatic rings. The molecular weight excluding hydrogens is 303 g/mol. The molecular formula is C17H16Cl2N2. The third-order valence-electron chi connectivity index (χ3n) is 3.24. The Morgan fingerprint density at radius 3 is 2.57 bits per heavy atom. The van der Waals surface area contributed by atoms with Crippen LogP contribution < -0.4 is 4.90 Å². The summed E-state index contributed by atoms with van der Waals surface area (Å²) >= 11 is 12.4. The van der Waals surface area contributed by atoms with E-state index in [9.17, 15) is 5.26 Å². The largest absolute Gasteiger partial charge is 0.366 e. The Labute approximate surface area is 135 Å². The van der Waals surface area contributed by atoms with Crippen LogP contribution in [0.1, 0.15) is 24.5 Å². The minimum Gasteiger partial charge on any atom is -0.366 e. The van der Waals surface area contributed by atoms with E-state index in [2.05, 4.69) is 17.9 Å². The molecule has 0 heterocycles. The number of nitriles is 1. The van der Waals surface area contributed by atoms with Crippen LogP contribution in [0.5, 0.6) is 0 Å². The Hall–Kier alpha value is -1.69. The number of para-hydroxylation sites is 1. The number of hydrogen-bond acceptors (Lipinski definition) is 2. The van der Waals surface area contributed by atoms with Crippen LogP contribution >= 0.6 is 23.2 Å². The molecule has 108 valence electrons. The Bertz CT molecular complexity index is 662. The molecule has 0 amide bonds. The lowest BCUT2D eigenvalue weighted by atomic mass is 10.1. The van der Waals surface area contributed by atoms with Crippen molar-refractivity contribution in [1.82, 2.24) is 0 Å². The second-order valence-corrected chi connectivity index (χ2v) is 5.63. The van der Waals surface area contributed by atoms with Crippen molar-refractivity contribution in [3.63, 3.8) is 0 Å². The highest BCUT2D eigenvalue weighted by molar-refractivity contribution is 6.33. The second kappa shape index (κ2) is 7.36. The van der Waals surface area contributed by atoms with Gasteiger partial charge in [0.25, 0.3) is 0 Å². The molecule has 0 atom stereocenters. The van der Waals surface area contributed by atoms with Gasteiger partial charge >= 0.3 is 0 Å². The quantitative estimate of drug-likeness (QED) is 0.749. The van der Waals surface area contributed by atoms with Crippen molar-refractivity contribution in [3.8, 4) is 6.07 Å². The molecule has 0 N–H and O–H groups in total. The van der Waals surface area contributed by atoms with Crippen LogP contribution in [0.25, 0.3) is 0 Å². The fourth-order valence-electron chi connectivity index (χ4n) is 2.27. The highest BCUT2D eigenvalue weighted by Crippen LogP contribution is 2.28. The van der Waals surface area contributed by atoms with Gasteiger partial charge in [-0.15, -0.1) is 0 Å². The number of benzene rings is 2. The van der Waals surface area contributed by atoms with Gasteiger partial charge in [-0.05, 0) is 42.3 Å². The van der Waals surface area contributed by atoms with Crippen LogP contribution in [-0.2, 0) is 6.54 Å². The zero-order chi connectivity index (χ0) is 15.2. The molecule has 2 aromatic rings. The fraction of sp³-hybridized carbons (Fsp3) is 0.235. The lowest BCUT2D eigenvalue weighted by molar-refractivity contribution is 0.766. The summed E-state index contributed by atoms with van der Waals surface area (Å²) in [5, 5.41) is 10.6. The van der Waals surface area contributed by atoms with Crippen LogP contribution in [-0.4, -0.2) is 6.54 Å². The van der Waals surface area contributed by atoms with Crippen LogP contribution in [0.3, 0.4) is 0 Å². The topological polar surface area (TPSA) is 27.0 Å². The highest BCUT2D eigenvalue weighted by Gasteiger charge is 2.12. The monoisotopic (exact) mass is 318 g/mol. The fourth-order valence-corrected chi connectivity index (χ4v) is 2.72. The van der Waals surface area contributed by atoms with Crippen molar-refractivity contribution >= 4 is 28.9 Å². The predicted molar refractivity (Wildman–Crippen MR) is 89.0 cm³/mol. The number of anilines is 1. The van der Waals surface area contributed by atoms with Gasteiger partial charge in [0.15, 0.2) is 0 Å². The molecule has 2 rings (SSSR count). The van der Waals surface area contributed by atoms with E-state index in [0.717, 1.165) is 24.2 Å². The molecule has 0 radical (unpaired) electrons. The SMILES string of the molecule is CCCN(Cc1cc(Cl)ccc1C#N)c1ccccc1Cl. The molecule has 0 unspecified atom stereocenters. The van der Waals surface area contributed by atoms with E-state index < -0.39 is 0 Å². The molecule has 0 aliphatic heterocycles. The van der Waals surface area contributed by atoms with Crippen molar-refractivity contribution in [1.29, 1.82) is 5.26 Å². The van der Waals surface area contributed by atoms with Crippen molar-refractivity contribution in [2.75, 3.05) is 11.4 Å². The number of nitrogens with zero attached hydrogens (tertiary/aromatic N) is 2. The average molecular weight is 319 g/mol. The molecule has 0 saturated heterocycles. The summed E-state index contributed by atoms with van der Waals surface area (Å²) in [5.74, 6) is 0. The van der Waals surface area contributed by atoms with E-state index in [1.165, 1.54) is 0 Å². The van der Waals surface area contributed by atoms with Gasteiger partial charge < -0.3 is 4.90 Å². The molecule has 0 saturated carbocycles. The van der Waals surface area contributed by atoms with E-state index in [1.54, 1.807) is 12.1 Å². The predicted octanol–water partition coefficient (Wildman–Crippen LogP) is 5.28. The number of hydrogen-bond donors (Lipinski definition) is 0. The summed E-state index contributed by atoms with van der Waals surface area (Å²) < 4.78 is 0. The molecule has 0 fully saturated rings. The van der Waals surface area contributed by atoms with Crippen molar-refractivity contribution in [2.24, 2.45) is 0 Å². The molecule has 0 spiro atoms. The molecule has 21 heavy (non-hydrogen) atoms. The van der Waals surface area contributed by atoms with E-state index in [1.807, 2.05) is 30.3 Å². The van der Waals surface area contributed by atoms with Crippen molar-refractivity contribution < 1.29 is 0 Å². The van der Waals surface area contributed by atoms with E-state index in [0.29, 0.717) is 22.2 Å². The van der Waals surface area contributed by atoms with Crippen molar-refractivity contribution in [3.05, 3.63) is 63.6 Å². The molecule has 0 bridgehead atoms. The van der Waals surface area contributed by atoms with E-state index in [-0.39, 0.29) is 0 Å². The Morgan fingerprint density at radius 2 is 1.90 bits per heavy atom. The third-order valence-corrected chi connectivity index (χ3v) is 3.79. The molecule has 0 aliphatic carbocycles. The Morgan fingerprint density at radius 1 is 1.14 bits per heavy atom. The summed E-state index contributed by atoms with van der Waals surface area (Å²) in [5.41, 5.74) is 2.54. The maximum absolute atomic E-state index is 9.24. The molecule has 2 aromatic carbocycles. The summed E-state index contributed by atoms with van der Waals surface area (Å²) in [7, 11) is 0. The number of halogens is 2. The van der Waals surface area contributed by atoms with Gasteiger partial charge in [0, 0.05) is 18.1 Å². The van der Waals surface area contributed by atoms with Gasteiger partial charge in [0.2, 0.25) is 0 Å². The average Bonchev–Trinajstić information content (AvgIpc) is 2.48. The Balaban J connectivity index is 2.35. The highest BCUT2D eigenvalue weighted by atomic mass is 35.5. The maximum atomic E-state index is 9.24. The minimum absolute atomic E-state index is 0.612. The summed E-state index contributed by atoms with van der Waals surface area (Å²) in [4.78, 5) is 2.18. The van der Waals surface area contributed by atoms with Gasteiger partial charge in [-0.2, -0.15) is 5.26 Å². The smallest absolute Gasteiger partial charge is 0.0995 e. The van der Waals surface area contributed by atoms with Crippen LogP contribution in [0.15, 0.2) is 42.5 Å². The van der Waals surface area contributed by atoms with Crippen LogP contribution in [0.2, 0.25) is 10.0 Å². The van der Waals surface area contributed by atoms with Gasteiger partial charge in [-0.3, -0.25) is 0 Å². The normalized spacial score (nSPS) is 10.2. The molecule has 0 aromatic heterocycles. The van der Waals surface area contributed by atoms with Crippen molar-refractivity contribution in [2.45, 2.75) is 19.9 Å². The first-order valence-corrected chi connectivity index (χ1v) is 7.59. The first-order valence-electron chi connectivity index (χ1n) is 6.83. The summed E-state index contributed by atoms with van der Waals surface area (Å²) in [6.45, 7) is 3.59. The van der Waals surface area contributed by atoms with Gasteiger partial charge in [-0.25, -0.2) is 0 Å². The number of rotatable bonds is 5. The molecule has 4 heteroatoms. The standard InChI is InChI=1S/C17H16Cl2N2/c1-2-9-21(17-6-4-3-5-16(17)19)12-14-10-15(18)8-7-13(14)11-20/h3-8,10H,2,9,12H2,1H3. The lowest BCUT2D eigenvalue weighted by Gasteiger charge is -2.26. The zero-order valence-electron chi connectivity index (χ0n) is 11.8. The zero-order valence-corrected chi connectivity index (χ0v) is 13.3. The first kappa shape index (κ1) is 15.7. The van der Waals surface area contributed by atoms with Crippen LogP contribution in [0.4, 0.5) is 5.69 Å². The van der Waals surface area contributed by atoms with E-state index in [4.69, 9.17) is 23.2 Å².